The molecule has 0 spiro atoms. The van der Waals surface area contributed by atoms with E-state index in [-0.39, 0.29) is 5.91 Å². The molecule has 2 amide bonds. The maximum Gasteiger partial charge on any atom is 0.416 e. The molecule has 138 heavy (non-hydrogen) atoms. The number of anilines is 1. The Kier molecular flexibility index (Phi) is 27.5. The molecule has 0 aliphatic carbocycles. The van der Waals surface area contributed by atoms with Crippen molar-refractivity contribution < 1.29 is 78.2 Å². The quantitative estimate of drug-likeness (QED) is 0.0329. The number of benzene rings is 9. The van der Waals surface area contributed by atoms with Crippen LogP contribution in [0.2, 0.25) is 0 Å². The molecule has 0 saturated carbocycles. The second kappa shape index (κ2) is 40.7. The number of rotatable bonds is 21. The predicted molar refractivity (Wildman–Crippen MR) is 515 cm³/mol. The largest absolute Gasteiger partial charge is 0.497 e. The lowest BCUT2D eigenvalue weighted by atomic mass is 9.97. The van der Waals surface area contributed by atoms with E-state index in [9.17, 15) is 35.9 Å². The minimum absolute atomic E-state index is 0.234. The van der Waals surface area contributed by atoms with E-state index in [1.807, 2.05) is 129 Å². The van der Waals surface area contributed by atoms with Gasteiger partial charge >= 0.3 is 12.4 Å². The number of para-hydroxylation sites is 1. The fraction of sp³-hybridized carbons (Fsp3) is 0.126. The highest BCUT2D eigenvalue weighted by atomic mass is 19.4. The van der Waals surface area contributed by atoms with E-state index < -0.39 is 29.4 Å². The van der Waals surface area contributed by atoms with Crippen LogP contribution in [-0.4, -0.2) is 166 Å². The number of halogens is 6. The van der Waals surface area contributed by atoms with E-state index in [1.165, 1.54) is 12.1 Å². The third-order valence-electron chi connectivity index (χ3n) is 22.5. The molecule has 0 bridgehead atoms. The van der Waals surface area contributed by atoms with Crippen LogP contribution in [0, 0.1) is 0 Å². The van der Waals surface area contributed by atoms with Crippen molar-refractivity contribution in [1.82, 2.24) is 81.2 Å². The van der Waals surface area contributed by atoms with Crippen LogP contribution in [0.1, 0.15) is 31.8 Å². The number of fused-ring (bicyclic) bond motifs is 5. The summed E-state index contributed by atoms with van der Waals surface area (Å²) in [7, 11) is 18.3. The lowest BCUT2D eigenvalue weighted by molar-refractivity contribution is -0.138. The van der Waals surface area contributed by atoms with Crippen LogP contribution >= 0.6 is 0 Å². The SMILES string of the molecule is CNC(=O)c1cccc(-c2ccnc3n[nH]c(-c4cccc(C(F)(F)F)c4)c23)c1.COc1cc(-c2[nH]nc3nccc(-c4cccc(C(N)=O)c4)c23)cc(OC)c1OC.COc1cc(-c2[nH]nc3nccc(-c4cccc(N(C)C)c4)c23)cc(OC)c1OC.COc1cccc(-c2ccnc3n[nH]c(-c4cccc(C(F)(F)F)c4)c23)c1.COc1ccccc1-c1[nH]nc2nccc(-c3ccoc3)c12. The molecule has 9 aromatic carbocycles. The van der Waals surface area contributed by atoms with Crippen molar-refractivity contribution in [1.29, 1.82) is 0 Å². The Morgan fingerprint density at radius 1 is 0.341 bits per heavy atom. The first-order chi connectivity index (χ1) is 66.9. The van der Waals surface area contributed by atoms with Crippen molar-refractivity contribution in [3.63, 3.8) is 0 Å². The third-order valence-corrected chi connectivity index (χ3v) is 22.5. The maximum atomic E-state index is 13.1. The van der Waals surface area contributed by atoms with Crippen LogP contribution in [0.15, 0.2) is 278 Å². The van der Waals surface area contributed by atoms with Gasteiger partial charge in [-0.3, -0.25) is 35.1 Å². The monoisotopic (exact) mass is 1860 g/mol. The van der Waals surface area contributed by atoms with Crippen molar-refractivity contribution in [2.45, 2.75) is 12.4 Å². The van der Waals surface area contributed by atoms with E-state index >= 15 is 0 Å². The number of hydrogen-bond donors (Lipinski definition) is 7. The number of H-pyrrole nitrogens is 5. The van der Waals surface area contributed by atoms with Gasteiger partial charge in [-0.2, -0.15) is 51.8 Å². The summed E-state index contributed by atoms with van der Waals surface area (Å²) in [6.07, 6.45) is 2.90. The standard InChI is InChI=1S/C23H24N4O3.C22H20N4O4.C21H15F3N4O.C20H14F3N3O.C17H13N3O2/c1-27(2)16-8-6-7-14(11-16)17-9-10-24-23-20(17)21(25-26-23)15-12-18(28-3)22(30-5)19(13-15)29-4;1-28-16-10-14(11-17(29-2)20(16)30-3)19-18-15(7-8-24-22(18)26-25-19)12-5-4-6-13(9-12)21(23)27;1-25-20(29)14-6-2-4-12(10-14)16-8-9-26-19-17(16)18(27-28-19)13-5-3-7-15(11-13)21(22,23)24;1-27-15-7-3-4-12(11-15)16-8-9-24-19-17(16)18(25-26-19)13-5-2-6-14(10-13)20(21,22)23;1-21-14-5-3-2-4-13(14)16-15-12(11-7-9-22-10-11)6-8-18-17(15)20-19-16/h6-13H,1-5H3,(H,24,25,26);4-11H,1-3H3,(H2,23,27)(H,24,25,26);2-11H,1H3,(H,25,29)(H,26,27,28);2-11H,1H3,(H,24,25,26);2-10H,1H3,(H,18,19,20). The zero-order valence-corrected chi connectivity index (χ0v) is 75.7. The zero-order chi connectivity index (χ0) is 97.1. The first-order valence-electron chi connectivity index (χ1n) is 42.3. The Hall–Kier alpha value is -17.9. The summed E-state index contributed by atoms with van der Waals surface area (Å²) < 4.78 is 128. The normalized spacial score (nSPS) is 11.2. The third kappa shape index (κ3) is 19.4. The minimum Gasteiger partial charge on any atom is -0.497 e. The van der Waals surface area contributed by atoms with Gasteiger partial charge in [0.25, 0.3) is 5.91 Å². The van der Waals surface area contributed by atoms with E-state index in [0.717, 1.165) is 136 Å². The number of amides is 2. The molecule has 0 saturated heterocycles. The minimum atomic E-state index is -4.45. The number of nitrogens with one attached hydrogen (secondary N) is 6. The van der Waals surface area contributed by atoms with Crippen molar-refractivity contribution in [2.24, 2.45) is 5.73 Å². The summed E-state index contributed by atoms with van der Waals surface area (Å²) in [6, 6.07) is 66.7. The van der Waals surface area contributed by atoms with E-state index in [4.69, 9.17) is 48.0 Å². The Morgan fingerprint density at radius 2 is 0.696 bits per heavy atom. The van der Waals surface area contributed by atoms with E-state index in [2.05, 4.69) is 110 Å². The average Bonchev–Trinajstić information content (AvgIpc) is 1.59. The molecule has 35 heteroatoms. The predicted octanol–water partition coefficient (Wildman–Crippen LogP) is 21.7. The number of aromatic nitrogens is 15. The van der Waals surface area contributed by atoms with E-state index in [0.29, 0.717) is 118 Å². The maximum absolute atomic E-state index is 13.1. The van der Waals surface area contributed by atoms with Crippen LogP contribution in [0.4, 0.5) is 32.0 Å². The first-order valence-corrected chi connectivity index (χ1v) is 42.3. The van der Waals surface area contributed by atoms with E-state index in [1.54, 1.807) is 162 Å². The number of methoxy groups -OCH3 is 8. The number of furan rings is 1. The summed E-state index contributed by atoms with van der Waals surface area (Å²) >= 11 is 0. The van der Waals surface area contributed by atoms with Crippen LogP contribution in [0.5, 0.6) is 46.0 Å². The number of nitrogens with zero attached hydrogens (tertiary/aromatic N) is 11. The number of aromatic amines is 5. The van der Waals surface area contributed by atoms with Crippen LogP contribution < -0.4 is 53.8 Å². The Bertz CT molecular complexity index is 7780. The van der Waals surface area contributed by atoms with Gasteiger partial charge in [-0.25, -0.2) is 24.9 Å². The highest BCUT2D eigenvalue weighted by Crippen LogP contribution is 2.48. The molecular formula is C103H86F6N18O11. The lowest BCUT2D eigenvalue weighted by Crippen LogP contribution is -2.17. The van der Waals surface area contributed by atoms with Crippen LogP contribution in [0.3, 0.4) is 0 Å². The molecule has 8 N–H and O–H groups in total. The molecule has 0 radical (unpaired) electrons. The number of hydrogen-bond acceptors (Lipinski definition) is 22. The van der Waals surface area contributed by atoms with Gasteiger partial charge in [-0.05, 0) is 196 Å². The molecule has 0 aliphatic rings. The number of alkyl halides is 6. The van der Waals surface area contributed by atoms with Gasteiger partial charge < -0.3 is 58.3 Å². The van der Waals surface area contributed by atoms with Crippen LogP contribution in [0.25, 0.3) is 167 Å². The van der Waals surface area contributed by atoms with Gasteiger partial charge in [0.05, 0.1) is 136 Å². The van der Waals surface area contributed by atoms with Crippen LogP contribution in [-0.2, 0) is 12.4 Å². The fourth-order valence-electron chi connectivity index (χ4n) is 15.9. The number of primary amides is 1. The Balaban J connectivity index is 0.000000125. The summed E-state index contributed by atoms with van der Waals surface area (Å²) in [6.45, 7) is 0. The molecular weight excluding hydrogens is 1780 g/mol. The van der Waals surface area contributed by atoms with Gasteiger partial charge in [0.15, 0.2) is 51.2 Å². The average molecular weight is 1870 g/mol. The first kappa shape index (κ1) is 93.3. The van der Waals surface area contributed by atoms with Gasteiger partial charge in [-0.1, -0.05) is 84.9 Å². The summed E-state index contributed by atoms with van der Waals surface area (Å²) in [4.78, 5) is 47.3. The molecule has 20 aromatic rings. The summed E-state index contributed by atoms with van der Waals surface area (Å²) in [5, 5.41) is 42.9. The molecule has 0 unspecified atom stereocenters. The topological polar surface area (TPSA) is 370 Å². The molecule has 0 atom stereocenters. The highest BCUT2D eigenvalue weighted by Gasteiger charge is 2.33. The smallest absolute Gasteiger partial charge is 0.416 e. The van der Waals surface area contributed by atoms with Crippen molar-refractivity contribution in [2.75, 3.05) is 82.9 Å². The van der Waals surface area contributed by atoms with Gasteiger partial charge in [-0.15, -0.1) is 0 Å². The van der Waals surface area contributed by atoms with Gasteiger partial charge in [0.1, 0.15) is 11.5 Å². The lowest BCUT2D eigenvalue weighted by Gasteiger charge is -2.15. The molecule has 11 heterocycles. The van der Waals surface area contributed by atoms with Crippen molar-refractivity contribution in [3.05, 3.63) is 296 Å². The molecule has 0 fully saturated rings. The van der Waals surface area contributed by atoms with Crippen molar-refractivity contribution in [3.8, 4) is 158 Å². The van der Waals surface area contributed by atoms with Gasteiger partial charge in [0.2, 0.25) is 17.4 Å². The molecule has 20 rings (SSSR count). The second-order valence-corrected chi connectivity index (χ2v) is 30.8. The number of pyridine rings is 5. The number of ether oxygens (including phenoxy) is 8. The molecule has 29 nitrogen and oxygen atoms in total. The molecule has 11 aromatic heterocycles. The highest BCUT2D eigenvalue weighted by molar-refractivity contribution is 6.08. The fourth-order valence-corrected chi connectivity index (χ4v) is 15.9. The summed E-state index contributed by atoms with van der Waals surface area (Å²) in [5.74, 6) is 4.00. The second-order valence-electron chi connectivity index (χ2n) is 30.8. The number of nitrogens with two attached hydrogens (primary N) is 1. The summed E-state index contributed by atoms with van der Waals surface area (Å²) in [5.41, 5.74) is 24.3. The molecule has 0 aliphatic heterocycles. The van der Waals surface area contributed by atoms with Gasteiger partial charge in [0, 0.05) is 102 Å². The molecule has 696 valence electrons. The number of carbonyl (C=O) groups is 2. The Labute approximate surface area is 783 Å². The van der Waals surface area contributed by atoms with Crippen molar-refractivity contribution >= 4 is 72.7 Å². The zero-order valence-electron chi connectivity index (χ0n) is 75.7. The Morgan fingerprint density at radius 3 is 1.08 bits per heavy atom. The number of carbonyl (C=O) groups excluding carboxylic acids is 2.